The minimum atomic E-state index is -3.55. The number of rotatable bonds is 7. The number of hydrogen-bond donors (Lipinski definition) is 2. The molecular formula is C14H22ClN3O2S. The number of likely N-dealkylation sites (tertiary alicyclic amines) is 1. The number of halogens is 1. The van der Waals surface area contributed by atoms with Crippen molar-refractivity contribution in [3.8, 4) is 0 Å². The fraction of sp³-hybridized carbons (Fsp3) is 0.571. The van der Waals surface area contributed by atoms with Gasteiger partial charge in [0.15, 0.2) is 0 Å². The SMILES string of the molecule is NCc1ccc(S(=O)(=O)NCCCN2CCCC2)c(Cl)c1. The van der Waals surface area contributed by atoms with Gasteiger partial charge in [-0.2, -0.15) is 0 Å². The normalized spacial score (nSPS) is 16.5. The van der Waals surface area contributed by atoms with Crippen molar-refractivity contribution in [2.24, 2.45) is 5.73 Å². The summed E-state index contributed by atoms with van der Waals surface area (Å²) in [4.78, 5) is 2.47. The molecule has 0 bridgehead atoms. The van der Waals surface area contributed by atoms with Crippen LogP contribution >= 0.6 is 11.6 Å². The van der Waals surface area contributed by atoms with Crippen molar-refractivity contribution in [3.63, 3.8) is 0 Å². The zero-order valence-electron chi connectivity index (χ0n) is 12.0. The van der Waals surface area contributed by atoms with E-state index in [0.717, 1.165) is 31.6 Å². The zero-order chi connectivity index (χ0) is 15.3. The molecule has 1 aliphatic heterocycles. The number of nitrogens with one attached hydrogen (secondary N) is 1. The van der Waals surface area contributed by atoms with Crippen LogP contribution in [0.4, 0.5) is 0 Å². The van der Waals surface area contributed by atoms with E-state index in [4.69, 9.17) is 17.3 Å². The Morgan fingerprint density at radius 1 is 1.29 bits per heavy atom. The van der Waals surface area contributed by atoms with Crippen LogP contribution in [0.5, 0.6) is 0 Å². The molecular weight excluding hydrogens is 310 g/mol. The zero-order valence-corrected chi connectivity index (χ0v) is 13.6. The van der Waals surface area contributed by atoms with Gasteiger partial charge >= 0.3 is 0 Å². The molecule has 0 amide bonds. The predicted octanol–water partition coefficient (Wildman–Crippen LogP) is 1.56. The van der Waals surface area contributed by atoms with Gasteiger partial charge in [0.05, 0.1) is 5.02 Å². The number of nitrogens with zero attached hydrogens (tertiary/aromatic N) is 1. The summed E-state index contributed by atoms with van der Waals surface area (Å²) in [6.45, 7) is 3.94. The van der Waals surface area contributed by atoms with E-state index < -0.39 is 10.0 Å². The van der Waals surface area contributed by atoms with Crippen molar-refractivity contribution < 1.29 is 8.42 Å². The Balaban J connectivity index is 1.88. The fourth-order valence-corrected chi connectivity index (χ4v) is 4.12. The Labute approximate surface area is 131 Å². The van der Waals surface area contributed by atoms with Gasteiger partial charge in [-0.1, -0.05) is 17.7 Å². The molecule has 1 aromatic rings. The minimum absolute atomic E-state index is 0.113. The van der Waals surface area contributed by atoms with Crippen LogP contribution < -0.4 is 10.5 Å². The van der Waals surface area contributed by atoms with Gasteiger partial charge in [0, 0.05) is 13.1 Å². The first kappa shape index (κ1) is 16.7. The second-order valence-electron chi connectivity index (χ2n) is 5.27. The lowest BCUT2D eigenvalue weighted by Crippen LogP contribution is -2.29. The molecule has 0 saturated carbocycles. The number of sulfonamides is 1. The third-order valence-corrected chi connectivity index (χ3v) is 5.61. The number of nitrogens with two attached hydrogens (primary N) is 1. The van der Waals surface area contributed by atoms with Gasteiger partial charge in [0.1, 0.15) is 4.90 Å². The summed E-state index contributed by atoms with van der Waals surface area (Å²) in [5, 5.41) is 0.213. The smallest absolute Gasteiger partial charge is 0.242 e. The summed E-state index contributed by atoms with van der Waals surface area (Å²) in [6, 6.07) is 4.79. The highest BCUT2D eigenvalue weighted by Crippen LogP contribution is 2.22. The van der Waals surface area contributed by atoms with Gasteiger partial charge in [0.25, 0.3) is 0 Å². The molecule has 0 atom stereocenters. The van der Waals surface area contributed by atoms with Gasteiger partial charge in [-0.15, -0.1) is 0 Å². The molecule has 3 N–H and O–H groups in total. The Morgan fingerprint density at radius 3 is 2.62 bits per heavy atom. The number of benzene rings is 1. The highest BCUT2D eigenvalue weighted by atomic mass is 35.5. The fourth-order valence-electron chi connectivity index (χ4n) is 2.48. The average Bonchev–Trinajstić information content (AvgIpc) is 2.96. The molecule has 0 radical (unpaired) electrons. The van der Waals surface area contributed by atoms with Crippen LogP contribution in [0, 0.1) is 0 Å². The first-order valence-corrected chi connectivity index (χ1v) is 9.09. The lowest BCUT2D eigenvalue weighted by atomic mass is 10.2. The van der Waals surface area contributed by atoms with Gasteiger partial charge in [-0.25, -0.2) is 13.1 Å². The molecule has 2 rings (SSSR count). The first-order valence-electron chi connectivity index (χ1n) is 7.23. The van der Waals surface area contributed by atoms with Crippen molar-refractivity contribution in [2.45, 2.75) is 30.7 Å². The summed E-state index contributed by atoms with van der Waals surface area (Å²) in [5.41, 5.74) is 6.32. The standard InChI is InChI=1S/C14H22ClN3O2S/c15-13-10-12(11-16)4-5-14(13)21(19,20)17-6-3-9-18-7-1-2-8-18/h4-5,10,17H,1-3,6-9,11,16H2. The second-order valence-corrected chi connectivity index (χ2v) is 7.41. The van der Waals surface area contributed by atoms with Crippen molar-refractivity contribution >= 4 is 21.6 Å². The maximum atomic E-state index is 12.2. The van der Waals surface area contributed by atoms with Crippen LogP contribution in [0.1, 0.15) is 24.8 Å². The van der Waals surface area contributed by atoms with Gasteiger partial charge in [-0.3, -0.25) is 0 Å². The van der Waals surface area contributed by atoms with E-state index in [1.807, 2.05) is 0 Å². The van der Waals surface area contributed by atoms with E-state index in [1.165, 1.54) is 18.9 Å². The molecule has 1 aromatic carbocycles. The Bertz CT molecular complexity index is 572. The topological polar surface area (TPSA) is 75.4 Å². The van der Waals surface area contributed by atoms with E-state index in [1.54, 1.807) is 12.1 Å². The van der Waals surface area contributed by atoms with Crippen LogP contribution in [0.3, 0.4) is 0 Å². The lowest BCUT2D eigenvalue weighted by molar-refractivity contribution is 0.334. The Morgan fingerprint density at radius 2 is 2.00 bits per heavy atom. The van der Waals surface area contributed by atoms with Crippen LogP contribution in [0.2, 0.25) is 5.02 Å². The molecule has 1 saturated heterocycles. The molecule has 118 valence electrons. The molecule has 0 aliphatic carbocycles. The van der Waals surface area contributed by atoms with Gasteiger partial charge in [-0.05, 0) is 56.6 Å². The Kier molecular flexibility index (Phi) is 6.01. The predicted molar refractivity (Wildman–Crippen MR) is 84.8 cm³/mol. The summed E-state index contributed by atoms with van der Waals surface area (Å²) >= 11 is 6.03. The summed E-state index contributed by atoms with van der Waals surface area (Å²) in [5.74, 6) is 0. The largest absolute Gasteiger partial charge is 0.326 e. The maximum absolute atomic E-state index is 12.2. The van der Waals surface area contributed by atoms with Crippen molar-refractivity contribution in [1.29, 1.82) is 0 Å². The number of hydrogen-bond acceptors (Lipinski definition) is 4. The Hall–Kier alpha value is -0.660. The molecule has 0 spiro atoms. The summed E-state index contributed by atoms with van der Waals surface area (Å²) < 4.78 is 27.0. The van der Waals surface area contributed by atoms with Crippen molar-refractivity contribution in [2.75, 3.05) is 26.2 Å². The van der Waals surface area contributed by atoms with E-state index in [0.29, 0.717) is 13.1 Å². The highest BCUT2D eigenvalue weighted by Gasteiger charge is 2.18. The molecule has 5 nitrogen and oxygen atoms in total. The van der Waals surface area contributed by atoms with E-state index in [2.05, 4.69) is 9.62 Å². The van der Waals surface area contributed by atoms with E-state index in [9.17, 15) is 8.42 Å². The molecule has 1 fully saturated rings. The van der Waals surface area contributed by atoms with Gasteiger partial charge in [0.2, 0.25) is 10.0 Å². The lowest BCUT2D eigenvalue weighted by Gasteiger charge is -2.14. The summed E-state index contributed by atoms with van der Waals surface area (Å²) in [6.07, 6.45) is 3.29. The maximum Gasteiger partial charge on any atom is 0.242 e. The molecule has 1 aliphatic rings. The van der Waals surface area contributed by atoms with Crippen LogP contribution in [-0.4, -0.2) is 39.5 Å². The van der Waals surface area contributed by atoms with E-state index >= 15 is 0 Å². The van der Waals surface area contributed by atoms with Crippen LogP contribution in [0.15, 0.2) is 23.1 Å². The van der Waals surface area contributed by atoms with Gasteiger partial charge < -0.3 is 10.6 Å². The molecule has 0 aromatic heterocycles. The quantitative estimate of drug-likeness (QED) is 0.744. The molecule has 0 unspecified atom stereocenters. The van der Waals surface area contributed by atoms with Crippen LogP contribution in [0.25, 0.3) is 0 Å². The third kappa shape index (κ3) is 4.66. The average molecular weight is 332 g/mol. The molecule has 7 heteroatoms. The monoisotopic (exact) mass is 331 g/mol. The van der Waals surface area contributed by atoms with Crippen LogP contribution in [-0.2, 0) is 16.6 Å². The highest BCUT2D eigenvalue weighted by molar-refractivity contribution is 7.89. The van der Waals surface area contributed by atoms with Crippen molar-refractivity contribution in [3.05, 3.63) is 28.8 Å². The minimum Gasteiger partial charge on any atom is -0.326 e. The molecule has 21 heavy (non-hydrogen) atoms. The second kappa shape index (κ2) is 7.56. The van der Waals surface area contributed by atoms with E-state index in [-0.39, 0.29) is 9.92 Å². The third-order valence-electron chi connectivity index (χ3n) is 3.66. The summed E-state index contributed by atoms with van der Waals surface area (Å²) in [7, 11) is -3.55. The molecule has 1 heterocycles. The van der Waals surface area contributed by atoms with Crippen molar-refractivity contribution in [1.82, 2.24) is 9.62 Å². The first-order chi connectivity index (χ1) is 10.0.